The molecule has 0 saturated heterocycles. The van der Waals surface area contributed by atoms with E-state index in [2.05, 4.69) is 66.1 Å². The maximum absolute atomic E-state index is 4.94. The highest BCUT2D eigenvalue weighted by Gasteiger charge is 2.22. The second kappa shape index (κ2) is 11.0. The lowest BCUT2D eigenvalue weighted by Gasteiger charge is -2.11. The average molecular weight is 434 g/mol. The Kier molecular flexibility index (Phi) is 8.09. The van der Waals surface area contributed by atoms with Gasteiger partial charge in [-0.3, -0.25) is 0 Å². The predicted octanol–water partition coefficient (Wildman–Crippen LogP) is 5.18. The van der Waals surface area contributed by atoms with Crippen molar-refractivity contribution in [3.8, 4) is 0 Å². The van der Waals surface area contributed by atoms with Gasteiger partial charge in [-0.1, -0.05) is 67.4 Å². The molecule has 0 bridgehead atoms. The molecule has 0 aliphatic carbocycles. The summed E-state index contributed by atoms with van der Waals surface area (Å²) in [4.78, 5) is 9.62. The summed E-state index contributed by atoms with van der Waals surface area (Å²) in [6.07, 6.45) is 9.12. The minimum Gasteiger partial charge on any atom is -0.371 e. The third-order valence-corrected chi connectivity index (χ3v) is 6.28. The average Bonchev–Trinajstić information content (AvgIpc) is 2.99. The molecule has 31 heavy (non-hydrogen) atoms. The molecule has 4 rings (SSSR count). The van der Waals surface area contributed by atoms with Gasteiger partial charge in [-0.25, -0.2) is 9.50 Å². The number of fused-ring (bicyclic) bond motifs is 3. The lowest BCUT2D eigenvalue weighted by atomic mass is 10.1. The molecule has 1 aliphatic rings. The number of aromatic nitrogens is 3. The molecule has 0 unspecified atom stereocenters. The zero-order valence-electron chi connectivity index (χ0n) is 18.6. The molecule has 162 valence electrons. The molecule has 0 atom stereocenters. The molecule has 0 radical (unpaired) electrons. The highest BCUT2D eigenvalue weighted by atomic mass is 32.2. The smallest absolute Gasteiger partial charge is 0.171 e. The van der Waals surface area contributed by atoms with Crippen LogP contribution in [0.3, 0.4) is 0 Å². The molecule has 1 N–H and O–H groups in total. The van der Waals surface area contributed by atoms with Crippen LogP contribution >= 0.6 is 11.8 Å². The molecular weight excluding hydrogens is 402 g/mol. The number of nitrogens with one attached hydrogen (secondary N) is 1. The first-order valence-electron chi connectivity index (χ1n) is 10.5. The molecule has 0 spiro atoms. The summed E-state index contributed by atoms with van der Waals surface area (Å²) >= 11 is 1.72. The van der Waals surface area contributed by atoms with Crippen LogP contribution in [0.1, 0.15) is 17.0 Å². The summed E-state index contributed by atoms with van der Waals surface area (Å²) in [6.45, 7) is 11.2. The summed E-state index contributed by atoms with van der Waals surface area (Å²) in [5, 5.41) is 8.10. The fourth-order valence-electron chi connectivity index (χ4n) is 3.56. The largest absolute Gasteiger partial charge is 0.371 e. The lowest BCUT2D eigenvalue weighted by molar-refractivity contribution is 0.351. The van der Waals surface area contributed by atoms with Crippen molar-refractivity contribution < 1.29 is 0 Å². The van der Waals surface area contributed by atoms with Gasteiger partial charge in [-0.05, 0) is 38.1 Å². The minimum absolute atomic E-state index is 0.895. The van der Waals surface area contributed by atoms with E-state index in [1.54, 1.807) is 23.9 Å². The fourth-order valence-corrected chi connectivity index (χ4v) is 4.55. The Hall–Kier alpha value is -2.83. The minimum atomic E-state index is 0.895. The number of allylic oxidation sites excluding steroid dienone is 4. The molecule has 0 amide bonds. The Morgan fingerprint density at radius 1 is 1.06 bits per heavy atom. The third kappa shape index (κ3) is 5.46. The predicted molar refractivity (Wildman–Crippen MR) is 132 cm³/mol. The zero-order valence-corrected chi connectivity index (χ0v) is 19.5. The standard InChI is InChI=1S/C19H23N5S.C6H8/c1-13-15-9-11-23(3)12-10-16(15)24-19(21-13)17(18(20-2)22-24)25-14-7-5-4-6-8-14;1-3-5-6-4-2/h4-8H,9-12H2,1-3H3,(H,20,22);3-6H,1-2H2/b;6-5-. The second-order valence-corrected chi connectivity index (χ2v) is 8.44. The van der Waals surface area contributed by atoms with Crippen LogP contribution in [0.2, 0.25) is 0 Å². The Morgan fingerprint density at radius 2 is 1.74 bits per heavy atom. The fraction of sp³-hybridized carbons (Fsp3) is 0.280. The van der Waals surface area contributed by atoms with Gasteiger partial charge in [0.1, 0.15) is 4.90 Å². The number of rotatable bonds is 5. The van der Waals surface area contributed by atoms with E-state index < -0.39 is 0 Å². The maximum Gasteiger partial charge on any atom is 0.171 e. The van der Waals surface area contributed by atoms with Crippen LogP contribution < -0.4 is 5.32 Å². The number of likely N-dealkylation sites (N-methyl/N-ethyl adjacent to an activating group) is 1. The van der Waals surface area contributed by atoms with Crippen LogP contribution in [-0.4, -0.2) is 46.7 Å². The number of hydrogen-bond acceptors (Lipinski definition) is 5. The maximum atomic E-state index is 4.94. The molecule has 2 aromatic heterocycles. The van der Waals surface area contributed by atoms with E-state index in [1.165, 1.54) is 16.2 Å². The van der Waals surface area contributed by atoms with E-state index in [4.69, 9.17) is 10.1 Å². The highest BCUT2D eigenvalue weighted by Crippen LogP contribution is 2.37. The second-order valence-electron chi connectivity index (χ2n) is 7.36. The molecule has 3 aromatic rings. The van der Waals surface area contributed by atoms with Crippen molar-refractivity contribution in [3.05, 3.63) is 84.7 Å². The molecule has 3 heterocycles. The van der Waals surface area contributed by atoms with Crippen molar-refractivity contribution in [2.45, 2.75) is 29.6 Å². The van der Waals surface area contributed by atoms with Gasteiger partial charge in [0, 0.05) is 37.1 Å². The van der Waals surface area contributed by atoms with E-state index in [9.17, 15) is 0 Å². The molecule has 1 aromatic carbocycles. The van der Waals surface area contributed by atoms with Crippen LogP contribution in [0, 0.1) is 6.92 Å². The van der Waals surface area contributed by atoms with Gasteiger partial charge in [0.25, 0.3) is 0 Å². The van der Waals surface area contributed by atoms with Gasteiger partial charge in [0.2, 0.25) is 0 Å². The number of anilines is 1. The Bertz CT molecular complexity index is 1060. The van der Waals surface area contributed by atoms with E-state index in [-0.39, 0.29) is 0 Å². The first kappa shape index (κ1) is 22.8. The van der Waals surface area contributed by atoms with Gasteiger partial charge < -0.3 is 10.2 Å². The normalized spacial score (nSPS) is 13.9. The van der Waals surface area contributed by atoms with Crippen LogP contribution in [0.4, 0.5) is 5.82 Å². The quantitative estimate of drug-likeness (QED) is 0.562. The monoisotopic (exact) mass is 433 g/mol. The van der Waals surface area contributed by atoms with Crippen LogP contribution in [0.15, 0.2) is 77.6 Å². The van der Waals surface area contributed by atoms with Crippen LogP contribution in [0.5, 0.6) is 0 Å². The first-order valence-corrected chi connectivity index (χ1v) is 11.3. The number of aryl methyl sites for hydroxylation is 1. The van der Waals surface area contributed by atoms with Crippen LogP contribution in [-0.2, 0) is 12.8 Å². The molecular formula is C25H31N5S. The topological polar surface area (TPSA) is 45.5 Å². The third-order valence-electron chi connectivity index (χ3n) is 5.19. The van der Waals surface area contributed by atoms with Crippen LogP contribution in [0.25, 0.3) is 5.65 Å². The summed E-state index contributed by atoms with van der Waals surface area (Å²) in [5.41, 5.74) is 4.76. The van der Waals surface area contributed by atoms with Gasteiger partial charge >= 0.3 is 0 Å². The molecule has 6 heteroatoms. The van der Waals surface area contributed by atoms with E-state index in [1.807, 2.05) is 25.3 Å². The van der Waals surface area contributed by atoms with Crippen molar-refractivity contribution in [1.82, 2.24) is 19.5 Å². The van der Waals surface area contributed by atoms with E-state index >= 15 is 0 Å². The Balaban J connectivity index is 0.000000401. The van der Waals surface area contributed by atoms with Crippen molar-refractivity contribution in [3.63, 3.8) is 0 Å². The SMILES string of the molecule is C=C/C=C\C=C.CNc1nn2c3c(c(C)nc2c1Sc1ccccc1)CCN(C)CC3. The summed E-state index contributed by atoms with van der Waals surface area (Å²) < 4.78 is 2.07. The lowest BCUT2D eigenvalue weighted by Crippen LogP contribution is -2.21. The number of nitrogens with zero attached hydrogens (tertiary/aromatic N) is 4. The summed E-state index contributed by atoms with van der Waals surface area (Å²) in [5.74, 6) is 0.895. The number of hydrogen-bond donors (Lipinski definition) is 1. The summed E-state index contributed by atoms with van der Waals surface area (Å²) in [6, 6.07) is 10.4. The van der Waals surface area contributed by atoms with Crippen molar-refractivity contribution in [1.29, 1.82) is 0 Å². The molecule has 0 saturated carbocycles. The van der Waals surface area contributed by atoms with Gasteiger partial charge in [0.15, 0.2) is 11.5 Å². The van der Waals surface area contributed by atoms with E-state index in [0.717, 1.165) is 48.0 Å². The molecule has 1 aliphatic heterocycles. The van der Waals surface area contributed by atoms with Gasteiger partial charge in [0.05, 0.1) is 5.69 Å². The van der Waals surface area contributed by atoms with Crippen molar-refractivity contribution in [2.24, 2.45) is 0 Å². The highest BCUT2D eigenvalue weighted by molar-refractivity contribution is 7.99. The Labute approximate surface area is 189 Å². The number of benzene rings is 1. The van der Waals surface area contributed by atoms with Gasteiger partial charge in [-0.15, -0.1) is 5.10 Å². The zero-order chi connectivity index (χ0) is 22.2. The first-order chi connectivity index (χ1) is 15.1. The van der Waals surface area contributed by atoms with Gasteiger partial charge in [-0.2, -0.15) is 0 Å². The Morgan fingerprint density at radius 3 is 2.39 bits per heavy atom. The van der Waals surface area contributed by atoms with E-state index in [0.29, 0.717) is 0 Å². The van der Waals surface area contributed by atoms with Crippen molar-refractivity contribution >= 4 is 23.2 Å². The molecule has 0 fully saturated rings. The van der Waals surface area contributed by atoms with Crippen molar-refractivity contribution in [2.75, 3.05) is 32.5 Å². The molecule has 5 nitrogen and oxygen atoms in total. The summed E-state index contributed by atoms with van der Waals surface area (Å²) in [7, 11) is 4.11.